The smallest absolute Gasteiger partial charge is 0.373 e. The summed E-state index contributed by atoms with van der Waals surface area (Å²) in [7, 11) is -8.04. The number of carbonyl (C=O) groups excluding carboxylic acids is 2. The number of sulfonamides is 1. The highest BCUT2D eigenvalue weighted by atomic mass is 35.5. The predicted octanol–water partition coefficient (Wildman–Crippen LogP) is 2.11. The van der Waals surface area contributed by atoms with Crippen LogP contribution in [0.3, 0.4) is 0 Å². The number of sulfone groups is 1. The monoisotopic (exact) mass is 528 g/mol. The van der Waals surface area contributed by atoms with Crippen LogP contribution in [0.15, 0.2) is 52.3 Å². The minimum atomic E-state index is -5.28. The molecule has 180 valence electrons. The second-order valence-corrected chi connectivity index (χ2v) is 11.0. The fourth-order valence-electron chi connectivity index (χ4n) is 2.23. The van der Waals surface area contributed by atoms with Gasteiger partial charge in [0.25, 0.3) is 21.8 Å². The van der Waals surface area contributed by atoms with Gasteiger partial charge in [0.15, 0.2) is 9.84 Å². The van der Waals surface area contributed by atoms with Gasteiger partial charge in [-0.2, -0.15) is 13.2 Å². The van der Waals surface area contributed by atoms with Crippen molar-refractivity contribution in [3.63, 3.8) is 0 Å². The van der Waals surface area contributed by atoms with E-state index in [1.165, 1.54) is 0 Å². The van der Waals surface area contributed by atoms with Crippen LogP contribution in [0.5, 0.6) is 0 Å². The Bertz CT molecular complexity index is 1310. The standard InChI is InChI=1S/C18H16ClF3N2O7S2/c1-17(27,18(20,21)22)16(26)23-14-8-7-12(9-13(14)19)33(30,31)24-15(25)10-3-5-11(6-4-10)32(2,28)29/h3-9,27H,1-2H3,(H,23,26)(H,24,25). The summed E-state index contributed by atoms with van der Waals surface area (Å²) in [6, 6.07) is 6.90. The first-order chi connectivity index (χ1) is 14.9. The quantitative estimate of drug-likeness (QED) is 0.520. The van der Waals surface area contributed by atoms with Gasteiger partial charge in [-0.1, -0.05) is 11.6 Å². The number of hydrogen-bond donors (Lipinski definition) is 3. The number of alkyl halides is 3. The third-order valence-corrected chi connectivity index (χ3v) is 7.03. The Labute approximate surface area is 191 Å². The van der Waals surface area contributed by atoms with E-state index in [-0.39, 0.29) is 17.4 Å². The number of rotatable bonds is 6. The number of aliphatic hydroxyl groups is 1. The highest BCUT2D eigenvalue weighted by Gasteiger charge is 2.55. The molecule has 15 heteroatoms. The van der Waals surface area contributed by atoms with E-state index in [2.05, 4.69) is 0 Å². The molecular formula is C18H16ClF3N2O7S2. The van der Waals surface area contributed by atoms with Crippen LogP contribution in [0.25, 0.3) is 0 Å². The summed E-state index contributed by atoms with van der Waals surface area (Å²) in [5, 5.41) is 10.6. The number of anilines is 1. The molecule has 2 rings (SSSR count). The highest BCUT2D eigenvalue weighted by molar-refractivity contribution is 7.90. The van der Waals surface area contributed by atoms with E-state index < -0.39 is 59.1 Å². The van der Waals surface area contributed by atoms with Crippen LogP contribution in [0.4, 0.5) is 18.9 Å². The lowest BCUT2D eigenvalue weighted by molar-refractivity contribution is -0.242. The van der Waals surface area contributed by atoms with Gasteiger partial charge >= 0.3 is 6.18 Å². The number of halogens is 4. The SMILES string of the molecule is CC(O)(C(=O)Nc1ccc(S(=O)(=O)NC(=O)c2ccc(S(C)(=O)=O)cc2)cc1Cl)C(F)(F)F. The number of hydrogen-bond acceptors (Lipinski definition) is 7. The zero-order valence-electron chi connectivity index (χ0n) is 16.8. The van der Waals surface area contributed by atoms with Crippen molar-refractivity contribution in [2.45, 2.75) is 28.5 Å². The maximum Gasteiger partial charge on any atom is 0.426 e. The second-order valence-electron chi connectivity index (χ2n) is 6.90. The summed E-state index contributed by atoms with van der Waals surface area (Å²) in [6.07, 6.45) is -4.33. The third kappa shape index (κ3) is 6.01. The lowest BCUT2D eigenvalue weighted by atomic mass is 10.1. The van der Waals surface area contributed by atoms with E-state index in [4.69, 9.17) is 11.6 Å². The van der Waals surface area contributed by atoms with E-state index in [0.29, 0.717) is 0 Å². The van der Waals surface area contributed by atoms with E-state index in [1.807, 2.05) is 0 Å². The molecule has 2 amide bonds. The Hall–Kier alpha value is -2.68. The minimum Gasteiger partial charge on any atom is -0.373 e. The normalized spacial score (nSPS) is 14.3. The van der Waals surface area contributed by atoms with Crippen LogP contribution in [0, 0.1) is 0 Å². The van der Waals surface area contributed by atoms with Crippen molar-refractivity contribution in [3.05, 3.63) is 53.1 Å². The van der Waals surface area contributed by atoms with Gasteiger partial charge in [-0.05, 0) is 49.4 Å². The Morgan fingerprint density at radius 2 is 1.48 bits per heavy atom. The summed E-state index contributed by atoms with van der Waals surface area (Å²) in [6.45, 7) is 0.229. The molecule has 2 aromatic carbocycles. The molecule has 0 saturated carbocycles. The fourth-order valence-corrected chi connectivity index (χ4v) is 4.15. The van der Waals surface area contributed by atoms with Crippen molar-refractivity contribution in [2.75, 3.05) is 11.6 Å². The molecule has 0 aliphatic carbocycles. The van der Waals surface area contributed by atoms with Crippen LogP contribution < -0.4 is 10.0 Å². The van der Waals surface area contributed by atoms with Gasteiger partial charge in [-0.3, -0.25) is 9.59 Å². The molecule has 0 bridgehead atoms. The molecule has 2 aromatic rings. The molecule has 9 nitrogen and oxygen atoms in total. The molecule has 0 radical (unpaired) electrons. The van der Waals surface area contributed by atoms with Crippen molar-refractivity contribution in [2.24, 2.45) is 0 Å². The number of carbonyl (C=O) groups is 2. The van der Waals surface area contributed by atoms with E-state index in [1.54, 1.807) is 10.0 Å². The van der Waals surface area contributed by atoms with E-state index in [0.717, 1.165) is 48.7 Å². The van der Waals surface area contributed by atoms with Gasteiger partial charge in [0, 0.05) is 11.8 Å². The van der Waals surface area contributed by atoms with E-state index >= 15 is 0 Å². The van der Waals surface area contributed by atoms with Gasteiger partial charge in [0.1, 0.15) is 0 Å². The van der Waals surface area contributed by atoms with Crippen LogP contribution >= 0.6 is 11.6 Å². The van der Waals surface area contributed by atoms with Crippen molar-refractivity contribution in [1.82, 2.24) is 4.72 Å². The molecule has 3 N–H and O–H groups in total. The molecule has 0 aromatic heterocycles. The Morgan fingerprint density at radius 1 is 0.970 bits per heavy atom. The molecule has 0 aliphatic rings. The van der Waals surface area contributed by atoms with Crippen LogP contribution in [-0.2, 0) is 24.7 Å². The first-order valence-corrected chi connectivity index (χ1v) is 12.4. The fraction of sp³-hybridized carbons (Fsp3) is 0.222. The summed E-state index contributed by atoms with van der Waals surface area (Å²) < 4.78 is 87.8. The average molecular weight is 529 g/mol. The Kier molecular flexibility index (Phi) is 7.19. The Morgan fingerprint density at radius 3 is 1.94 bits per heavy atom. The lowest BCUT2D eigenvalue weighted by Gasteiger charge is -2.25. The molecule has 33 heavy (non-hydrogen) atoms. The van der Waals surface area contributed by atoms with Crippen molar-refractivity contribution in [1.29, 1.82) is 0 Å². The van der Waals surface area contributed by atoms with Crippen LogP contribution in [0.1, 0.15) is 17.3 Å². The maximum atomic E-state index is 12.8. The predicted molar refractivity (Wildman–Crippen MR) is 111 cm³/mol. The minimum absolute atomic E-state index is 0.0872. The third-order valence-electron chi connectivity index (χ3n) is 4.26. The first-order valence-electron chi connectivity index (χ1n) is 8.63. The number of benzene rings is 2. The van der Waals surface area contributed by atoms with E-state index in [9.17, 15) is 44.7 Å². The molecule has 1 atom stereocenters. The number of nitrogens with one attached hydrogen (secondary N) is 2. The highest BCUT2D eigenvalue weighted by Crippen LogP contribution is 2.32. The summed E-state index contributed by atoms with van der Waals surface area (Å²) in [4.78, 5) is 23.3. The summed E-state index contributed by atoms with van der Waals surface area (Å²) in [5.74, 6) is -2.94. The van der Waals surface area contributed by atoms with Gasteiger partial charge in [-0.15, -0.1) is 0 Å². The molecule has 0 aliphatic heterocycles. The zero-order chi connectivity index (χ0) is 25.4. The maximum absolute atomic E-state index is 12.8. The molecule has 1 unspecified atom stereocenters. The molecule has 0 heterocycles. The van der Waals surface area contributed by atoms with Gasteiger partial charge < -0.3 is 10.4 Å². The number of amides is 2. The average Bonchev–Trinajstić information content (AvgIpc) is 2.67. The second kappa shape index (κ2) is 8.93. The van der Waals surface area contributed by atoms with Gasteiger partial charge in [0.2, 0.25) is 5.60 Å². The largest absolute Gasteiger partial charge is 0.426 e. The molecule has 0 spiro atoms. The van der Waals surface area contributed by atoms with Gasteiger partial charge in [-0.25, -0.2) is 21.6 Å². The molecular weight excluding hydrogens is 513 g/mol. The topological polar surface area (TPSA) is 147 Å². The lowest BCUT2D eigenvalue weighted by Crippen LogP contribution is -2.52. The van der Waals surface area contributed by atoms with Crippen LogP contribution in [-0.4, -0.2) is 51.8 Å². The Balaban J connectivity index is 2.22. The van der Waals surface area contributed by atoms with Crippen LogP contribution in [0.2, 0.25) is 5.02 Å². The zero-order valence-corrected chi connectivity index (χ0v) is 19.2. The summed E-state index contributed by atoms with van der Waals surface area (Å²) >= 11 is 5.85. The van der Waals surface area contributed by atoms with Crippen molar-refractivity contribution in [3.8, 4) is 0 Å². The van der Waals surface area contributed by atoms with Crippen molar-refractivity contribution >= 4 is 49.0 Å². The molecule has 0 fully saturated rings. The van der Waals surface area contributed by atoms with Gasteiger partial charge in [0.05, 0.1) is 20.5 Å². The van der Waals surface area contributed by atoms with Crippen molar-refractivity contribution < 1.29 is 44.7 Å². The summed E-state index contributed by atoms with van der Waals surface area (Å²) in [5.41, 5.74) is -4.33. The first kappa shape index (κ1) is 26.6. The molecule has 0 saturated heterocycles.